The summed E-state index contributed by atoms with van der Waals surface area (Å²) >= 11 is 6.66. The van der Waals surface area contributed by atoms with Crippen LogP contribution in [0.15, 0.2) is 56.3 Å². The first kappa shape index (κ1) is 16.5. The molecule has 0 saturated carbocycles. The summed E-state index contributed by atoms with van der Waals surface area (Å²) in [5.41, 5.74) is 0.857. The van der Waals surface area contributed by atoms with Gasteiger partial charge in [0.25, 0.3) is 0 Å². The van der Waals surface area contributed by atoms with Gasteiger partial charge in [0.15, 0.2) is 0 Å². The van der Waals surface area contributed by atoms with Crippen LogP contribution in [-0.4, -0.2) is 15.5 Å². The second-order valence-corrected chi connectivity index (χ2v) is 7.72. The van der Waals surface area contributed by atoms with Crippen LogP contribution in [0.25, 0.3) is 0 Å². The summed E-state index contributed by atoms with van der Waals surface area (Å²) in [5.74, 6) is 0.304. The molecule has 0 radical (unpaired) electrons. The molecule has 0 atom stereocenters. The summed E-state index contributed by atoms with van der Waals surface area (Å²) in [4.78, 5) is 0.103. The van der Waals surface area contributed by atoms with E-state index in [1.807, 2.05) is 24.3 Å². The topological polar surface area (TPSA) is 55.4 Å². The SMILES string of the molecule is COc1ccc(Br)cc1S(=O)(=O)NCc1ccccc1Br. The van der Waals surface area contributed by atoms with Crippen molar-refractivity contribution in [2.24, 2.45) is 0 Å². The maximum atomic E-state index is 12.4. The van der Waals surface area contributed by atoms with E-state index in [1.54, 1.807) is 12.1 Å². The van der Waals surface area contributed by atoms with Crippen molar-refractivity contribution in [2.45, 2.75) is 11.4 Å². The first-order valence-corrected chi connectivity index (χ1v) is 9.07. The fourth-order valence-electron chi connectivity index (χ4n) is 1.75. The van der Waals surface area contributed by atoms with E-state index in [2.05, 4.69) is 36.6 Å². The van der Waals surface area contributed by atoms with Crippen molar-refractivity contribution >= 4 is 41.9 Å². The summed E-state index contributed by atoms with van der Waals surface area (Å²) in [5, 5.41) is 0. The van der Waals surface area contributed by atoms with Crippen LogP contribution in [0.4, 0.5) is 0 Å². The maximum Gasteiger partial charge on any atom is 0.244 e. The molecule has 0 unspecified atom stereocenters. The number of hydrogen-bond acceptors (Lipinski definition) is 3. The van der Waals surface area contributed by atoms with Crippen molar-refractivity contribution in [3.8, 4) is 5.75 Å². The van der Waals surface area contributed by atoms with Gasteiger partial charge in [-0.1, -0.05) is 50.1 Å². The molecule has 2 aromatic carbocycles. The lowest BCUT2D eigenvalue weighted by Gasteiger charge is -2.11. The average Bonchev–Trinajstić information content (AvgIpc) is 2.46. The molecular formula is C14H13Br2NO3S. The third-order valence-corrected chi connectivity index (χ3v) is 5.51. The summed E-state index contributed by atoms with van der Waals surface area (Å²) < 4.78 is 34.1. The third-order valence-electron chi connectivity index (χ3n) is 2.83. The van der Waals surface area contributed by atoms with Crippen molar-refractivity contribution in [2.75, 3.05) is 7.11 Å². The number of hydrogen-bond donors (Lipinski definition) is 1. The summed E-state index contributed by atoms with van der Waals surface area (Å²) in [7, 11) is -2.23. The molecule has 0 heterocycles. The molecule has 0 aliphatic carbocycles. The maximum absolute atomic E-state index is 12.4. The van der Waals surface area contributed by atoms with Gasteiger partial charge in [0.2, 0.25) is 10.0 Å². The smallest absolute Gasteiger partial charge is 0.244 e. The quantitative estimate of drug-likeness (QED) is 0.780. The molecule has 2 rings (SSSR count). The van der Waals surface area contributed by atoms with Crippen molar-refractivity contribution in [3.63, 3.8) is 0 Å². The van der Waals surface area contributed by atoms with Crippen LogP contribution in [0.1, 0.15) is 5.56 Å². The second kappa shape index (κ2) is 6.91. The molecule has 0 aliphatic rings. The average molecular weight is 435 g/mol. The standard InChI is InChI=1S/C14H13Br2NO3S/c1-20-13-7-6-11(15)8-14(13)21(18,19)17-9-10-4-2-3-5-12(10)16/h2-8,17H,9H2,1H3. The molecule has 0 aromatic heterocycles. The first-order chi connectivity index (χ1) is 9.94. The van der Waals surface area contributed by atoms with Gasteiger partial charge < -0.3 is 4.74 Å². The zero-order valence-electron chi connectivity index (χ0n) is 11.1. The van der Waals surface area contributed by atoms with Crippen LogP contribution < -0.4 is 9.46 Å². The Labute approximate surface area is 140 Å². The second-order valence-electron chi connectivity index (χ2n) is 4.21. The molecule has 112 valence electrons. The largest absolute Gasteiger partial charge is 0.495 e. The van der Waals surface area contributed by atoms with Gasteiger partial charge in [0, 0.05) is 15.5 Å². The van der Waals surface area contributed by atoms with E-state index in [0.29, 0.717) is 10.2 Å². The molecule has 0 amide bonds. The van der Waals surface area contributed by atoms with Gasteiger partial charge in [-0.25, -0.2) is 13.1 Å². The normalized spacial score (nSPS) is 11.4. The van der Waals surface area contributed by atoms with Gasteiger partial charge in [0.05, 0.1) is 7.11 Å². The van der Waals surface area contributed by atoms with E-state index < -0.39 is 10.0 Å². The van der Waals surface area contributed by atoms with E-state index >= 15 is 0 Å². The van der Waals surface area contributed by atoms with Crippen molar-refractivity contribution in [1.29, 1.82) is 0 Å². The molecule has 0 bridgehead atoms. The lowest BCUT2D eigenvalue weighted by atomic mass is 10.2. The monoisotopic (exact) mass is 433 g/mol. The summed E-state index contributed by atoms with van der Waals surface area (Å²) in [6, 6.07) is 12.3. The molecular weight excluding hydrogens is 422 g/mol. The van der Waals surface area contributed by atoms with Gasteiger partial charge in [-0.3, -0.25) is 0 Å². The van der Waals surface area contributed by atoms with Crippen molar-refractivity contribution in [1.82, 2.24) is 4.72 Å². The number of rotatable bonds is 5. The van der Waals surface area contributed by atoms with E-state index in [4.69, 9.17) is 4.74 Å². The Balaban J connectivity index is 2.27. The van der Waals surface area contributed by atoms with Gasteiger partial charge in [0.1, 0.15) is 10.6 Å². The zero-order valence-corrected chi connectivity index (χ0v) is 15.1. The number of ether oxygens (including phenoxy) is 1. The molecule has 7 heteroatoms. The minimum Gasteiger partial charge on any atom is -0.495 e. The number of sulfonamides is 1. The van der Waals surface area contributed by atoms with Crippen molar-refractivity contribution in [3.05, 3.63) is 57.0 Å². The lowest BCUT2D eigenvalue weighted by molar-refractivity contribution is 0.402. The Bertz CT molecular complexity index is 748. The van der Waals surface area contributed by atoms with Crippen LogP contribution in [0.5, 0.6) is 5.75 Å². The number of nitrogens with one attached hydrogen (secondary N) is 1. The van der Waals surface area contributed by atoms with Gasteiger partial charge in [-0.15, -0.1) is 0 Å². The molecule has 0 saturated heterocycles. The Kier molecular flexibility index (Phi) is 5.43. The number of benzene rings is 2. The molecule has 4 nitrogen and oxygen atoms in total. The van der Waals surface area contributed by atoms with Crippen molar-refractivity contribution < 1.29 is 13.2 Å². The highest BCUT2D eigenvalue weighted by Crippen LogP contribution is 2.27. The van der Waals surface area contributed by atoms with Gasteiger partial charge >= 0.3 is 0 Å². The van der Waals surface area contributed by atoms with E-state index in [1.165, 1.54) is 13.2 Å². The zero-order chi connectivity index (χ0) is 15.5. The highest BCUT2D eigenvalue weighted by molar-refractivity contribution is 9.10. The predicted molar refractivity (Wildman–Crippen MR) is 88.9 cm³/mol. The van der Waals surface area contributed by atoms with E-state index in [0.717, 1.165) is 10.0 Å². The molecule has 0 spiro atoms. The fraction of sp³-hybridized carbons (Fsp3) is 0.143. The highest BCUT2D eigenvalue weighted by Gasteiger charge is 2.19. The van der Waals surface area contributed by atoms with E-state index in [-0.39, 0.29) is 11.4 Å². The van der Waals surface area contributed by atoms with E-state index in [9.17, 15) is 8.42 Å². The third kappa shape index (κ3) is 4.06. The fourth-order valence-corrected chi connectivity index (χ4v) is 3.89. The van der Waals surface area contributed by atoms with Crippen LogP contribution in [0, 0.1) is 0 Å². The summed E-state index contributed by atoms with van der Waals surface area (Å²) in [6.07, 6.45) is 0. The lowest BCUT2D eigenvalue weighted by Crippen LogP contribution is -2.24. The first-order valence-electron chi connectivity index (χ1n) is 6.00. The predicted octanol–water partition coefficient (Wildman–Crippen LogP) is 3.70. The van der Waals surface area contributed by atoms with Crippen LogP contribution in [-0.2, 0) is 16.6 Å². The Morgan fingerprint density at radius 1 is 1.14 bits per heavy atom. The van der Waals surface area contributed by atoms with Gasteiger partial charge in [-0.2, -0.15) is 0 Å². The minimum absolute atomic E-state index is 0.103. The Morgan fingerprint density at radius 2 is 1.86 bits per heavy atom. The highest BCUT2D eigenvalue weighted by atomic mass is 79.9. The Morgan fingerprint density at radius 3 is 2.52 bits per heavy atom. The summed E-state index contributed by atoms with van der Waals surface area (Å²) in [6.45, 7) is 0.194. The minimum atomic E-state index is -3.67. The van der Waals surface area contributed by atoms with Crippen LogP contribution in [0.3, 0.4) is 0 Å². The van der Waals surface area contributed by atoms with Crippen LogP contribution in [0.2, 0.25) is 0 Å². The molecule has 1 N–H and O–H groups in total. The molecule has 0 aliphatic heterocycles. The molecule has 21 heavy (non-hydrogen) atoms. The van der Waals surface area contributed by atoms with Gasteiger partial charge in [-0.05, 0) is 29.8 Å². The number of methoxy groups -OCH3 is 1. The molecule has 0 fully saturated rings. The number of halogens is 2. The van der Waals surface area contributed by atoms with Crippen LogP contribution >= 0.6 is 31.9 Å². The Hall–Kier alpha value is -0.890. The molecule has 2 aromatic rings.